The van der Waals surface area contributed by atoms with Crippen molar-refractivity contribution >= 4 is 27.3 Å². The van der Waals surface area contributed by atoms with Crippen molar-refractivity contribution in [3.05, 3.63) is 22.7 Å². The highest BCUT2D eigenvalue weighted by Gasteiger charge is 2.40. The summed E-state index contributed by atoms with van der Waals surface area (Å²) in [5.74, 6) is 2.86. The monoisotopic (exact) mass is 294 g/mol. The van der Waals surface area contributed by atoms with E-state index in [1.807, 2.05) is 12.1 Å². The summed E-state index contributed by atoms with van der Waals surface area (Å²) >= 11 is 3.49. The minimum Gasteiger partial charge on any atom is -0.397 e. The van der Waals surface area contributed by atoms with Gasteiger partial charge in [0.1, 0.15) is 0 Å². The lowest BCUT2D eigenvalue weighted by molar-refractivity contribution is 0.428. The molecule has 1 aromatic carbocycles. The van der Waals surface area contributed by atoms with Crippen molar-refractivity contribution in [1.29, 1.82) is 0 Å². The first-order valence-corrected chi connectivity index (χ1v) is 7.32. The second-order valence-corrected chi connectivity index (χ2v) is 6.37. The van der Waals surface area contributed by atoms with Crippen LogP contribution in [-0.4, -0.2) is 6.54 Å². The molecule has 2 saturated carbocycles. The maximum Gasteiger partial charge on any atom is 0.0585 e. The number of nitrogens with one attached hydrogen (secondary N) is 1. The fourth-order valence-corrected chi connectivity index (χ4v) is 3.04. The van der Waals surface area contributed by atoms with Gasteiger partial charge in [-0.25, -0.2) is 0 Å². The van der Waals surface area contributed by atoms with Gasteiger partial charge in [0.15, 0.2) is 0 Å². The molecule has 3 heteroatoms. The van der Waals surface area contributed by atoms with Crippen LogP contribution < -0.4 is 11.1 Å². The first kappa shape index (κ1) is 11.4. The first-order valence-electron chi connectivity index (χ1n) is 6.53. The number of anilines is 2. The summed E-state index contributed by atoms with van der Waals surface area (Å²) in [6.45, 7) is 1.09. The fourth-order valence-electron chi connectivity index (χ4n) is 2.68. The molecule has 3 rings (SSSR count). The van der Waals surface area contributed by atoms with Crippen molar-refractivity contribution in [3.8, 4) is 0 Å². The van der Waals surface area contributed by atoms with Crippen molar-refractivity contribution in [1.82, 2.24) is 0 Å². The summed E-state index contributed by atoms with van der Waals surface area (Å²) in [6, 6.07) is 6.02. The quantitative estimate of drug-likeness (QED) is 0.809. The van der Waals surface area contributed by atoms with E-state index in [-0.39, 0.29) is 0 Å². The third-order valence-corrected chi connectivity index (χ3v) is 4.49. The van der Waals surface area contributed by atoms with Crippen LogP contribution in [0.15, 0.2) is 22.7 Å². The second-order valence-electron chi connectivity index (χ2n) is 5.45. The number of hydrogen-bond acceptors (Lipinski definition) is 2. The zero-order valence-electron chi connectivity index (χ0n) is 9.95. The van der Waals surface area contributed by atoms with E-state index in [4.69, 9.17) is 5.73 Å². The van der Waals surface area contributed by atoms with Crippen LogP contribution in [0, 0.1) is 17.8 Å². The molecule has 3 N–H and O–H groups in total. The minimum absolute atomic E-state index is 0.846. The van der Waals surface area contributed by atoms with Gasteiger partial charge in [-0.1, -0.05) is 15.9 Å². The van der Waals surface area contributed by atoms with E-state index in [9.17, 15) is 0 Å². The molecule has 0 heterocycles. The Kier molecular flexibility index (Phi) is 3.03. The summed E-state index contributed by atoms with van der Waals surface area (Å²) in [7, 11) is 0. The van der Waals surface area contributed by atoms with Crippen molar-refractivity contribution < 1.29 is 0 Å². The highest BCUT2D eigenvalue weighted by atomic mass is 79.9. The van der Waals surface area contributed by atoms with Gasteiger partial charge in [0, 0.05) is 11.0 Å². The Balaban J connectivity index is 1.63. The summed E-state index contributed by atoms with van der Waals surface area (Å²) < 4.78 is 1.09. The molecule has 0 aliphatic heterocycles. The van der Waals surface area contributed by atoms with Gasteiger partial charge in [0.05, 0.1) is 11.4 Å². The molecule has 0 radical (unpaired) electrons. The van der Waals surface area contributed by atoms with Crippen LogP contribution >= 0.6 is 15.9 Å². The Hall–Kier alpha value is -0.700. The van der Waals surface area contributed by atoms with Gasteiger partial charge in [-0.3, -0.25) is 0 Å². The highest BCUT2D eigenvalue weighted by Crippen LogP contribution is 2.49. The SMILES string of the molecule is Nc1ccc(Br)cc1NCC(C1CC1)C1CC1. The van der Waals surface area contributed by atoms with Gasteiger partial charge in [-0.2, -0.15) is 0 Å². The summed E-state index contributed by atoms with van der Waals surface area (Å²) in [5, 5.41) is 3.54. The molecule has 0 aromatic heterocycles. The number of hydrogen-bond donors (Lipinski definition) is 2. The Morgan fingerprint density at radius 3 is 2.47 bits per heavy atom. The van der Waals surface area contributed by atoms with Gasteiger partial charge in [-0.15, -0.1) is 0 Å². The van der Waals surface area contributed by atoms with E-state index in [2.05, 4.69) is 27.3 Å². The number of halogens is 1. The largest absolute Gasteiger partial charge is 0.397 e. The van der Waals surface area contributed by atoms with E-state index < -0.39 is 0 Å². The second kappa shape index (κ2) is 4.52. The smallest absolute Gasteiger partial charge is 0.0585 e. The van der Waals surface area contributed by atoms with Crippen LogP contribution in [-0.2, 0) is 0 Å². The number of rotatable bonds is 5. The maximum atomic E-state index is 5.98. The molecular weight excluding hydrogens is 276 g/mol. The highest BCUT2D eigenvalue weighted by molar-refractivity contribution is 9.10. The lowest BCUT2D eigenvalue weighted by Gasteiger charge is -2.18. The fraction of sp³-hybridized carbons (Fsp3) is 0.571. The van der Waals surface area contributed by atoms with E-state index in [0.717, 1.165) is 40.1 Å². The predicted molar refractivity (Wildman–Crippen MR) is 76.0 cm³/mol. The van der Waals surface area contributed by atoms with Crippen molar-refractivity contribution in [2.45, 2.75) is 25.7 Å². The van der Waals surface area contributed by atoms with E-state index in [1.54, 1.807) is 0 Å². The van der Waals surface area contributed by atoms with Crippen LogP contribution in [0.3, 0.4) is 0 Å². The molecule has 1 aromatic rings. The zero-order valence-corrected chi connectivity index (χ0v) is 11.5. The molecule has 0 saturated heterocycles. The van der Waals surface area contributed by atoms with Gasteiger partial charge in [0.2, 0.25) is 0 Å². The third-order valence-electron chi connectivity index (χ3n) is 4.00. The normalized spacial score (nSPS) is 19.6. The molecule has 0 amide bonds. The van der Waals surface area contributed by atoms with Crippen molar-refractivity contribution in [2.24, 2.45) is 17.8 Å². The van der Waals surface area contributed by atoms with Crippen LogP contribution in [0.25, 0.3) is 0 Å². The molecule has 0 atom stereocenters. The average molecular weight is 295 g/mol. The topological polar surface area (TPSA) is 38.0 Å². The summed E-state index contributed by atoms with van der Waals surface area (Å²) in [6.07, 6.45) is 5.77. The van der Waals surface area contributed by atoms with Crippen molar-refractivity contribution in [3.63, 3.8) is 0 Å². The molecule has 2 aliphatic carbocycles. The number of nitrogens with two attached hydrogens (primary N) is 1. The Morgan fingerprint density at radius 2 is 1.88 bits per heavy atom. The molecule has 0 unspecified atom stereocenters. The predicted octanol–water partition coefficient (Wildman–Crippen LogP) is 3.88. The minimum atomic E-state index is 0.846. The van der Waals surface area contributed by atoms with Crippen LogP contribution in [0.5, 0.6) is 0 Å². The molecule has 2 fully saturated rings. The van der Waals surface area contributed by atoms with Crippen LogP contribution in [0.4, 0.5) is 11.4 Å². The Labute approximate surface area is 111 Å². The lowest BCUT2D eigenvalue weighted by atomic mass is 9.98. The Morgan fingerprint density at radius 1 is 1.24 bits per heavy atom. The molecule has 92 valence electrons. The molecular formula is C14H19BrN2. The average Bonchev–Trinajstić information content (AvgIpc) is 3.14. The lowest BCUT2D eigenvalue weighted by Crippen LogP contribution is -2.18. The van der Waals surface area contributed by atoms with Gasteiger partial charge in [-0.05, 0) is 61.6 Å². The van der Waals surface area contributed by atoms with Gasteiger partial charge in [0.25, 0.3) is 0 Å². The molecule has 2 aliphatic rings. The Bertz CT molecular complexity index is 399. The first-order chi connectivity index (χ1) is 8.24. The molecule has 17 heavy (non-hydrogen) atoms. The molecule has 2 nitrogen and oxygen atoms in total. The van der Waals surface area contributed by atoms with Gasteiger partial charge < -0.3 is 11.1 Å². The van der Waals surface area contributed by atoms with Crippen LogP contribution in [0.1, 0.15) is 25.7 Å². The maximum absolute atomic E-state index is 5.98. The molecule has 0 bridgehead atoms. The third kappa shape index (κ3) is 2.76. The van der Waals surface area contributed by atoms with E-state index in [1.165, 1.54) is 25.7 Å². The van der Waals surface area contributed by atoms with E-state index in [0.29, 0.717) is 0 Å². The van der Waals surface area contributed by atoms with E-state index >= 15 is 0 Å². The molecule has 0 spiro atoms. The zero-order chi connectivity index (χ0) is 11.8. The summed E-state index contributed by atoms with van der Waals surface area (Å²) in [4.78, 5) is 0. The number of benzene rings is 1. The number of nitrogen functional groups attached to an aromatic ring is 1. The van der Waals surface area contributed by atoms with Gasteiger partial charge >= 0.3 is 0 Å². The standard InChI is InChI=1S/C14H19BrN2/c15-11-5-6-13(16)14(7-11)17-8-12(9-1-2-9)10-3-4-10/h5-7,9-10,12,17H,1-4,8,16H2. The van der Waals surface area contributed by atoms with Crippen LogP contribution in [0.2, 0.25) is 0 Å². The van der Waals surface area contributed by atoms with Crippen molar-refractivity contribution in [2.75, 3.05) is 17.6 Å². The summed E-state index contributed by atoms with van der Waals surface area (Å²) in [5.41, 5.74) is 7.90.